The van der Waals surface area contributed by atoms with E-state index in [-0.39, 0.29) is 5.91 Å². The number of rotatable bonds is 2. The fourth-order valence-corrected chi connectivity index (χ4v) is 1.98. The summed E-state index contributed by atoms with van der Waals surface area (Å²) >= 11 is 9.20. The number of pyridine rings is 1. The Kier molecular flexibility index (Phi) is 3.99. The van der Waals surface area contributed by atoms with Crippen LogP contribution in [0.4, 0.5) is 5.82 Å². The molecule has 0 atom stereocenters. The summed E-state index contributed by atoms with van der Waals surface area (Å²) in [6.45, 7) is 0. The largest absolute Gasteiger partial charge is 0.296 e. The summed E-state index contributed by atoms with van der Waals surface area (Å²) < 4.78 is 0.699. The van der Waals surface area contributed by atoms with Crippen molar-refractivity contribution in [1.82, 2.24) is 4.98 Å². The molecule has 0 spiro atoms. The molecule has 1 amide bonds. The van der Waals surface area contributed by atoms with Gasteiger partial charge in [0.25, 0.3) is 5.91 Å². The molecule has 0 aliphatic heterocycles. The Balaban J connectivity index is 2.29. The molecule has 0 aliphatic carbocycles. The lowest BCUT2D eigenvalue weighted by molar-refractivity contribution is 0.0992. The molecule has 0 N–H and O–H groups in total. The molecule has 0 fully saturated rings. The van der Waals surface area contributed by atoms with Crippen molar-refractivity contribution in [1.29, 1.82) is 0 Å². The fraction of sp³-hybridized carbons (Fsp3) is 0.0769. The molecular weight excluding hydrogens is 316 g/mol. The topological polar surface area (TPSA) is 33.2 Å². The molecule has 18 heavy (non-hydrogen) atoms. The van der Waals surface area contributed by atoms with E-state index in [0.717, 1.165) is 0 Å². The highest BCUT2D eigenvalue weighted by molar-refractivity contribution is 9.10. The number of nitrogens with zero attached hydrogens (tertiary/aromatic N) is 2. The molecule has 0 saturated heterocycles. The number of halogens is 2. The Hall–Kier alpha value is -1.39. The first-order valence-corrected chi connectivity index (χ1v) is 6.41. The fourth-order valence-electron chi connectivity index (χ4n) is 1.48. The van der Waals surface area contributed by atoms with Gasteiger partial charge in [0.2, 0.25) is 0 Å². The zero-order valence-electron chi connectivity index (χ0n) is 9.60. The zero-order valence-corrected chi connectivity index (χ0v) is 11.9. The standard InChI is InChI=1S/C13H10BrClN2O/c1-17(12-4-2-3-7-16-12)13(18)9-5-6-11(15)10(14)8-9/h2-8H,1H3. The van der Waals surface area contributed by atoms with Gasteiger partial charge in [0, 0.05) is 23.3 Å². The number of hydrogen-bond acceptors (Lipinski definition) is 2. The van der Waals surface area contributed by atoms with Crippen LogP contribution >= 0.6 is 27.5 Å². The van der Waals surface area contributed by atoms with E-state index in [4.69, 9.17) is 11.6 Å². The molecule has 2 rings (SSSR count). The van der Waals surface area contributed by atoms with E-state index >= 15 is 0 Å². The Morgan fingerprint density at radius 2 is 2.11 bits per heavy atom. The molecule has 3 nitrogen and oxygen atoms in total. The van der Waals surface area contributed by atoms with Gasteiger partial charge in [0.05, 0.1) is 5.02 Å². The predicted molar refractivity (Wildman–Crippen MR) is 76.1 cm³/mol. The van der Waals surface area contributed by atoms with E-state index in [1.165, 1.54) is 4.90 Å². The van der Waals surface area contributed by atoms with Gasteiger partial charge in [-0.1, -0.05) is 17.7 Å². The summed E-state index contributed by atoms with van der Waals surface area (Å²) in [6.07, 6.45) is 1.65. The number of anilines is 1. The summed E-state index contributed by atoms with van der Waals surface area (Å²) in [5, 5.41) is 0.576. The monoisotopic (exact) mass is 324 g/mol. The molecule has 0 unspecified atom stereocenters. The molecule has 2 aromatic rings. The van der Waals surface area contributed by atoms with E-state index < -0.39 is 0 Å². The molecule has 0 bridgehead atoms. The summed E-state index contributed by atoms with van der Waals surface area (Å²) in [4.78, 5) is 17.9. The Labute approximate surface area is 119 Å². The highest BCUT2D eigenvalue weighted by atomic mass is 79.9. The number of amides is 1. The van der Waals surface area contributed by atoms with Crippen LogP contribution in [0.2, 0.25) is 5.02 Å². The van der Waals surface area contributed by atoms with Crippen LogP contribution in [0.5, 0.6) is 0 Å². The first-order chi connectivity index (χ1) is 8.59. The summed E-state index contributed by atoms with van der Waals surface area (Å²) in [5.41, 5.74) is 0.555. The third kappa shape index (κ3) is 2.71. The van der Waals surface area contributed by atoms with Crippen LogP contribution in [-0.4, -0.2) is 17.9 Å². The average Bonchev–Trinajstić information content (AvgIpc) is 2.41. The normalized spacial score (nSPS) is 10.2. The molecule has 92 valence electrons. The van der Waals surface area contributed by atoms with Crippen molar-refractivity contribution in [3.05, 3.63) is 57.7 Å². The minimum absolute atomic E-state index is 0.133. The summed E-state index contributed by atoms with van der Waals surface area (Å²) in [5.74, 6) is 0.472. The Morgan fingerprint density at radius 1 is 1.33 bits per heavy atom. The van der Waals surface area contributed by atoms with Crippen molar-refractivity contribution in [2.24, 2.45) is 0 Å². The Bertz CT molecular complexity index is 574. The maximum atomic E-state index is 12.2. The van der Waals surface area contributed by atoms with E-state index in [1.807, 2.05) is 6.07 Å². The third-order valence-corrected chi connectivity index (χ3v) is 3.68. The molecule has 5 heteroatoms. The lowest BCUT2D eigenvalue weighted by Gasteiger charge is -2.16. The van der Waals surface area contributed by atoms with Crippen LogP contribution in [0.3, 0.4) is 0 Å². The second kappa shape index (κ2) is 5.50. The number of benzene rings is 1. The number of hydrogen-bond donors (Lipinski definition) is 0. The van der Waals surface area contributed by atoms with Crippen LogP contribution in [0.25, 0.3) is 0 Å². The lowest BCUT2D eigenvalue weighted by Crippen LogP contribution is -2.26. The van der Waals surface area contributed by atoms with Crippen molar-refractivity contribution >= 4 is 39.3 Å². The maximum absolute atomic E-state index is 12.2. The number of carbonyl (C=O) groups excluding carboxylic acids is 1. The van der Waals surface area contributed by atoms with Gasteiger partial charge in [-0.25, -0.2) is 4.98 Å². The SMILES string of the molecule is CN(C(=O)c1ccc(Cl)c(Br)c1)c1ccccn1. The van der Waals surface area contributed by atoms with Gasteiger partial charge in [0.1, 0.15) is 5.82 Å². The molecule has 0 radical (unpaired) electrons. The zero-order chi connectivity index (χ0) is 13.1. The number of aromatic nitrogens is 1. The van der Waals surface area contributed by atoms with Crippen molar-refractivity contribution in [2.45, 2.75) is 0 Å². The lowest BCUT2D eigenvalue weighted by atomic mass is 10.2. The predicted octanol–water partition coefficient (Wildman–Crippen LogP) is 3.77. The van der Waals surface area contributed by atoms with Gasteiger partial charge in [-0.05, 0) is 46.3 Å². The molecule has 0 aliphatic rings. The van der Waals surface area contributed by atoms with Gasteiger partial charge in [-0.2, -0.15) is 0 Å². The highest BCUT2D eigenvalue weighted by Gasteiger charge is 2.14. The minimum atomic E-state index is -0.133. The molecule has 1 heterocycles. The molecule has 0 saturated carbocycles. The van der Waals surface area contributed by atoms with Gasteiger partial charge in [0.15, 0.2) is 0 Å². The van der Waals surface area contributed by atoms with Crippen LogP contribution < -0.4 is 4.90 Å². The van der Waals surface area contributed by atoms with Crippen LogP contribution in [0, 0.1) is 0 Å². The minimum Gasteiger partial charge on any atom is -0.296 e. The number of carbonyl (C=O) groups is 1. The Morgan fingerprint density at radius 3 is 2.72 bits per heavy atom. The van der Waals surface area contributed by atoms with Gasteiger partial charge in [-0.3, -0.25) is 9.69 Å². The van der Waals surface area contributed by atoms with Crippen LogP contribution in [0.1, 0.15) is 10.4 Å². The van der Waals surface area contributed by atoms with Gasteiger partial charge < -0.3 is 0 Å². The second-order valence-electron chi connectivity index (χ2n) is 3.68. The van der Waals surface area contributed by atoms with Gasteiger partial charge >= 0.3 is 0 Å². The smallest absolute Gasteiger partial charge is 0.259 e. The quantitative estimate of drug-likeness (QED) is 0.842. The molecule has 1 aromatic carbocycles. The third-order valence-electron chi connectivity index (χ3n) is 2.46. The van der Waals surface area contributed by atoms with Gasteiger partial charge in [-0.15, -0.1) is 0 Å². The van der Waals surface area contributed by atoms with Crippen molar-refractivity contribution < 1.29 is 4.79 Å². The first kappa shape index (κ1) is 13.1. The van der Waals surface area contributed by atoms with Crippen LogP contribution in [0.15, 0.2) is 47.1 Å². The summed E-state index contributed by atoms with van der Waals surface area (Å²) in [6, 6.07) is 10.5. The summed E-state index contributed by atoms with van der Waals surface area (Å²) in [7, 11) is 1.69. The van der Waals surface area contributed by atoms with Crippen LogP contribution in [-0.2, 0) is 0 Å². The first-order valence-electron chi connectivity index (χ1n) is 5.24. The molecular formula is C13H10BrClN2O. The van der Waals surface area contributed by atoms with Crippen molar-refractivity contribution in [2.75, 3.05) is 11.9 Å². The van der Waals surface area contributed by atoms with Crippen molar-refractivity contribution in [3.8, 4) is 0 Å². The van der Waals surface area contributed by atoms with Crippen molar-refractivity contribution in [3.63, 3.8) is 0 Å². The second-order valence-corrected chi connectivity index (χ2v) is 4.94. The van der Waals surface area contributed by atoms with E-state index in [1.54, 1.807) is 43.6 Å². The highest BCUT2D eigenvalue weighted by Crippen LogP contribution is 2.24. The maximum Gasteiger partial charge on any atom is 0.259 e. The average molecular weight is 326 g/mol. The van der Waals surface area contributed by atoms with E-state index in [2.05, 4.69) is 20.9 Å². The van der Waals surface area contributed by atoms with E-state index in [9.17, 15) is 4.79 Å². The van der Waals surface area contributed by atoms with E-state index in [0.29, 0.717) is 20.9 Å². The molecule has 1 aromatic heterocycles.